The minimum atomic E-state index is -0.199. The number of rotatable bonds is 4. The van der Waals surface area contributed by atoms with Crippen molar-refractivity contribution in [2.45, 2.75) is 58.9 Å². The number of aromatic nitrogens is 2. The van der Waals surface area contributed by atoms with Crippen LogP contribution in [-0.4, -0.2) is 21.6 Å². The zero-order valence-electron chi connectivity index (χ0n) is 11.2. The van der Waals surface area contributed by atoms with Crippen molar-refractivity contribution >= 4 is 5.91 Å². The summed E-state index contributed by atoms with van der Waals surface area (Å²) in [5.74, 6) is 1.46. The SMILES string of the molecule is CC(C)c1noc(CCC(=O)NC(C)(C)C)n1. The van der Waals surface area contributed by atoms with Crippen molar-refractivity contribution in [2.24, 2.45) is 0 Å². The highest BCUT2D eigenvalue weighted by atomic mass is 16.5. The van der Waals surface area contributed by atoms with Crippen LogP contribution < -0.4 is 5.32 Å². The number of hydrogen-bond acceptors (Lipinski definition) is 4. The van der Waals surface area contributed by atoms with Crippen LogP contribution in [0.5, 0.6) is 0 Å². The van der Waals surface area contributed by atoms with E-state index in [9.17, 15) is 4.79 Å². The molecule has 5 nitrogen and oxygen atoms in total. The predicted octanol–water partition coefficient (Wildman–Crippen LogP) is 2.04. The molecular formula is C12H21N3O2. The van der Waals surface area contributed by atoms with Crippen molar-refractivity contribution in [3.05, 3.63) is 11.7 Å². The van der Waals surface area contributed by atoms with Gasteiger partial charge in [0.15, 0.2) is 5.82 Å². The Bertz CT molecular complexity index is 377. The molecule has 0 unspecified atom stereocenters. The van der Waals surface area contributed by atoms with Gasteiger partial charge in [-0.05, 0) is 20.8 Å². The molecule has 0 aliphatic rings. The largest absolute Gasteiger partial charge is 0.351 e. The number of carbonyl (C=O) groups is 1. The van der Waals surface area contributed by atoms with Gasteiger partial charge in [-0.3, -0.25) is 4.79 Å². The molecule has 0 fully saturated rings. The smallest absolute Gasteiger partial charge is 0.227 e. The summed E-state index contributed by atoms with van der Waals surface area (Å²) in [6.07, 6.45) is 0.860. The van der Waals surface area contributed by atoms with Gasteiger partial charge in [0.05, 0.1) is 0 Å². The van der Waals surface area contributed by atoms with Gasteiger partial charge in [-0.2, -0.15) is 4.98 Å². The lowest BCUT2D eigenvalue weighted by molar-refractivity contribution is -0.122. The van der Waals surface area contributed by atoms with Gasteiger partial charge < -0.3 is 9.84 Å². The lowest BCUT2D eigenvalue weighted by atomic mass is 10.1. The quantitative estimate of drug-likeness (QED) is 0.873. The number of hydrogen-bond donors (Lipinski definition) is 1. The fourth-order valence-electron chi connectivity index (χ4n) is 1.31. The summed E-state index contributed by atoms with van der Waals surface area (Å²) in [6, 6.07) is 0. The van der Waals surface area contributed by atoms with Crippen molar-refractivity contribution < 1.29 is 9.32 Å². The fourth-order valence-corrected chi connectivity index (χ4v) is 1.31. The molecule has 1 amide bonds. The van der Waals surface area contributed by atoms with E-state index >= 15 is 0 Å². The molecular weight excluding hydrogens is 218 g/mol. The normalized spacial score (nSPS) is 11.9. The summed E-state index contributed by atoms with van der Waals surface area (Å²) in [4.78, 5) is 15.8. The summed E-state index contributed by atoms with van der Waals surface area (Å²) < 4.78 is 5.07. The molecule has 17 heavy (non-hydrogen) atoms. The molecule has 0 saturated carbocycles. The van der Waals surface area contributed by atoms with E-state index in [-0.39, 0.29) is 17.4 Å². The summed E-state index contributed by atoms with van der Waals surface area (Å²) in [7, 11) is 0. The summed E-state index contributed by atoms with van der Waals surface area (Å²) in [6.45, 7) is 9.86. The number of nitrogens with zero attached hydrogens (tertiary/aromatic N) is 2. The van der Waals surface area contributed by atoms with Gasteiger partial charge >= 0.3 is 0 Å². The average Bonchev–Trinajstić information content (AvgIpc) is 2.60. The Morgan fingerprint density at radius 1 is 1.41 bits per heavy atom. The van der Waals surface area contributed by atoms with Crippen molar-refractivity contribution in [1.29, 1.82) is 0 Å². The Hall–Kier alpha value is -1.39. The first-order chi connectivity index (χ1) is 7.78. The van der Waals surface area contributed by atoms with Crippen LogP contribution >= 0.6 is 0 Å². The molecule has 96 valence electrons. The minimum absolute atomic E-state index is 0.00166. The maximum Gasteiger partial charge on any atom is 0.227 e. The molecule has 0 radical (unpaired) electrons. The first-order valence-electron chi connectivity index (χ1n) is 5.91. The van der Waals surface area contributed by atoms with Crippen molar-refractivity contribution in [3.63, 3.8) is 0 Å². The lowest BCUT2D eigenvalue weighted by Crippen LogP contribution is -2.40. The molecule has 0 atom stereocenters. The predicted molar refractivity (Wildman–Crippen MR) is 64.6 cm³/mol. The third-order valence-electron chi connectivity index (χ3n) is 2.08. The van der Waals surface area contributed by atoms with Crippen LogP contribution in [0.2, 0.25) is 0 Å². The highest BCUT2D eigenvalue weighted by Crippen LogP contribution is 2.10. The standard InChI is InChI=1S/C12H21N3O2/c1-8(2)11-13-10(17-15-11)7-6-9(16)14-12(3,4)5/h8H,6-7H2,1-5H3,(H,14,16). The summed E-state index contributed by atoms with van der Waals surface area (Å²) in [5.41, 5.74) is -0.199. The second-order valence-corrected chi connectivity index (χ2v) is 5.50. The third kappa shape index (κ3) is 4.97. The monoisotopic (exact) mass is 239 g/mol. The highest BCUT2D eigenvalue weighted by Gasteiger charge is 2.15. The molecule has 1 aromatic heterocycles. The number of carbonyl (C=O) groups excluding carboxylic acids is 1. The van der Waals surface area contributed by atoms with Crippen LogP contribution in [0, 0.1) is 0 Å². The number of amides is 1. The van der Waals surface area contributed by atoms with Gasteiger partial charge in [-0.15, -0.1) is 0 Å². The molecule has 1 rings (SSSR count). The van der Waals surface area contributed by atoms with Crippen LogP contribution in [0.3, 0.4) is 0 Å². The van der Waals surface area contributed by atoms with E-state index in [1.165, 1.54) is 0 Å². The van der Waals surface area contributed by atoms with E-state index in [0.717, 1.165) is 0 Å². The van der Waals surface area contributed by atoms with E-state index in [4.69, 9.17) is 4.52 Å². The maximum absolute atomic E-state index is 11.6. The van der Waals surface area contributed by atoms with E-state index in [1.807, 2.05) is 34.6 Å². The third-order valence-corrected chi connectivity index (χ3v) is 2.08. The van der Waals surface area contributed by atoms with Gasteiger partial charge in [0.2, 0.25) is 11.8 Å². The van der Waals surface area contributed by atoms with Gasteiger partial charge in [0, 0.05) is 24.3 Å². The minimum Gasteiger partial charge on any atom is -0.351 e. The molecule has 1 N–H and O–H groups in total. The van der Waals surface area contributed by atoms with E-state index in [0.29, 0.717) is 24.6 Å². The van der Waals surface area contributed by atoms with Crippen molar-refractivity contribution in [1.82, 2.24) is 15.5 Å². The van der Waals surface area contributed by atoms with Crippen LogP contribution in [0.15, 0.2) is 4.52 Å². The Morgan fingerprint density at radius 2 is 2.06 bits per heavy atom. The molecule has 1 heterocycles. The molecule has 0 aliphatic heterocycles. The Morgan fingerprint density at radius 3 is 2.53 bits per heavy atom. The second-order valence-electron chi connectivity index (χ2n) is 5.50. The van der Waals surface area contributed by atoms with Gasteiger partial charge in [-0.1, -0.05) is 19.0 Å². The zero-order valence-corrected chi connectivity index (χ0v) is 11.2. The van der Waals surface area contributed by atoms with Crippen LogP contribution in [-0.2, 0) is 11.2 Å². The topological polar surface area (TPSA) is 68.0 Å². The van der Waals surface area contributed by atoms with Crippen LogP contribution in [0.1, 0.15) is 58.7 Å². The fraction of sp³-hybridized carbons (Fsp3) is 0.750. The molecule has 0 bridgehead atoms. The zero-order chi connectivity index (χ0) is 13.1. The molecule has 0 aliphatic carbocycles. The van der Waals surface area contributed by atoms with Gasteiger partial charge in [0.25, 0.3) is 0 Å². The first kappa shape index (κ1) is 13.7. The number of nitrogens with one attached hydrogen (secondary N) is 1. The van der Waals surface area contributed by atoms with Crippen LogP contribution in [0.25, 0.3) is 0 Å². The molecule has 0 saturated heterocycles. The summed E-state index contributed by atoms with van der Waals surface area (Å²) >= 11 is 0. The summed E-state index contributed by atoms with van der Waals surface area (Å²) in [5, 5.41) is 6.74. The number of aryl methyl sites for hydroxylation is 1. The molecule has 1 aromatic rings. The van der Waals surface area contributed by atoms with Crippen molar-refractivity contribution in [2.75, 3.05) is 0 Å². The van der Waals surface area contributed by atoms with Gasteiger partial charge in [0.1, 0.15) is 0 Å². The Kier molecular flexibility index (Phi) is 4.26. The van der Waals surface area contributed by atoms with Crippen molar-refractivity contribution in [3.8, 4) is 0 Å². The first-order valence-corrected chi connectivity index (χ1v) is 5.91. The lowest BCUT2D eigenvalue weighted by Gasteiger charge is -2.20. The highest BCUT2D eigenvalue weighted by molar-refractivity contribution is 5.76. The second kappa shape index (κ2) is 5.29. The molecule has 0 spiro atoms. The molecule has 0 aromatic carbocycles. The average molecular weight is 239 g/mol. The van der Waals surface area contributed by atoms with Gasteiger partial charge in [-0.25, -0.2) is 0 Å². The van der Waals surface area contributed by atoms with E-state index < -0.39 is 0 Å². The Balaban J connectivity index is 2.42. The van der Waals surface area contributed by atoms with Crippen LogP contribution in [0.4, 0.5) is 0 Å². The molecule has 5 heteroatoms. The Labute approximate surface area is 102 Å². The van der Waals surface area contributed by atoms with E-state index in [2.05, 4.69) is 15.5 Å². The maximum atomic E-state index is 11.6. The van der Waals surface area contributed by atoms with E-state index in [1.54, 1.807) is 0 Å².